The van der Waals surface area contributed by atoms with Crippen LogP contribution in [0.15, 0.2) is 24.3 Å². The molecule has 3 heterocycles. The third kappa shape index (κ3) is 4.10. The Balaban J connectivity index is 1.11. The van der Waals surface area contributed by atoms with Gasteiger partial charge in [0.1, 0.15) is 11.9 Å². The van der Waals surface area contributed by atoms with Crippen molar-refractivity contribution in [3.63, 3.8) is 0 Å². The molecule has 7 heteroatoms. The first-order chi connectivity index (χ1) is 15.5. The number of carbonyl (C=O) groups is 1. The van der Waals surface area contributed by atoms with E-state index in [4.69, 9.17) is 4.74 Å². The number of nitrogens with zero attached hydrogens (tertiary/aromatic N) is 5. The summed E-state index contributed by atoms with van der Waals surface area (Å²) < 4.78 is 8.05. The van der Waals surface area contributed by atoms with Crippen LogP contribution in [0.3, 0.4) is 0 Å². The van der Waals surface area contributed by atoms with Crippen LogP contribution >= 0.6 is 0 Å². The molecule has 32 heavy (non-hydrogen) atoms. The third-order valence-corrected chi connectivity index (χ3v) is 7.47. The molecule has 0 radical (unpaired) electrons. The Morgan fingerprint density at radius 1 is 0.969 bits per heavy atom. The van der Waals surface area contributed by atoms with Gasteiger partial charge in [0.15, 0.2) is 0 Å². The van der Waals surface area contributed by atoms with E-state index in [2.05, 4.69) is 29.1 Å². The first-order valence-electron chi connectivity index (χ1n) is 12.0. The number of aromatic nitrogens is 2. The zero-order valence-corrected chi connectivity index (χ0v) is 19.6. The van der Waals surface area contributed by atoms with Crippen LogP contribution in [0.25, 0.3) is 11.1 Å². The van der Waals surface area contributed by atoms with E-state index in [1.54, 1.807) is 0 Å². The van der Waals surface area contributed by atoms with Crippen molar-refractivity contribution in [1.29, 1.82) is 0 Å². The summed E-state index contributed by atoms with van der Waals surface area (Å²) in [5.74, 6) is 0.857. The first kappa shape index (κ1) is 21.3. The lowest BCUT2D eigenvalue weighted by Gasteiger charge is -2.41. The Hall–Kier alpha value is -2.54. The molecule has 2 amide bonds. The smallest absolute Gasteiger partial charge is 0.320 e. The predicted molar refractivity (Wildman–Crippen MR) is 125 cm³/mol. The minimum atomic E-state index is 0.0742. The van der Waals surface area contributed by atoms with Crippen LogP contribution in [0, 0.1) is 13.8 Å². The van der Waals surface area contributed by atoms with Gasteiger partial charge >= 0.3 is 6.03 Å². The van der Waals surface area contributed by atoms with Gasteiger partial charge in [-0.25, -0.2) is 4.79 Å². The van der Waals surface area contributed by atoms with Crippen molar-refractivity contribution in [3.05, 3.63) is 35.7 Å². The fraction of sp³-hybridized carbons (Fsp3) is 0.600. The number of ether oxygens (including phenoxy) is 1. The summed E-state index contributed by atoms with van der Waals surface area (Å²) in [6, 6.07) is 9.19. The monoisotopic (exact) mass is 437 g/mol. The summed E-state index contributed by atoms with van der Waals surface area (Å²) in [7, 11) is 1.98. The molecule has 3 aliphatic rings. The Morgan fingerprint density at radius 3 is 2.34 bits per heavy atom. The summed E-state index contributed by atoms with van der Waals surface area (Å²) in [5, 5.41) is 4.51. The number of rotatable bonds is 4. The van der Waals surface area contributed by atoms with E-state index >= 15 is 0 Å². The van der Waals surface area contributed by atoms with Gasteiger partial charge in [-0.2, -0.15) is 5.10 Å². The van der Waals surface area contributed by atoms with Gasteiger partial charge in [-0.3, -0.25) is 9.58 Å². The molecule has 7 nitrogen and oxygen atoms in total. The largest absolute Gasteiger partial charge is 0.487 e. The van der Waals surface area contributed by atoms with E-state index in [1.165, 1.54) is 24.8 Å². The predicted octanol–water partition coefficient (Wildman–Crippen LogP) is 3.45. The average molecular weight is 438 g/mol. The van der Waals surface area contributed by atoms with Gasteiger partial charge in [0, 0.05) is 50.5 Å². The van der Waals surface area contributed by atoms with E-state index in [9.17, 15) is 4.79 Å². The normalized spacial score (nSPS) is 20.6. The molecule has 172 valence electrons. The lowest BCUT2D eigenvalue weighted by Crippen LogP contribution is -2.60. The van der Waals surface area contributed by atoms with E-state index in [1.807, 2.05) is 40.6 Å². The molecule has 1 aromatic carbocycles. The quantitative estimate of drug-likeness (QED) is 0.735. The number of likely N-dealkylation sites (tertiary alicyclic amines) is 1. The van der Waals surface area contributed by atoms with Gasteiger partial charge in [0.05, 0.1) is 18.8 Å². The van der Waals surface area contributed by atoms with Crippen molar-refractivity contribution >= 4 is 6.03 Å². The molecule has 0 spiro atoms. The second-order valence-electron chi connectivity index (χ2n) is 9.58. The van der Waals surface area contributed by atoms with Gasteiger partial charge in [-0.15, -0.1) is 0 Å². The molecule has 0 unspecified atom stereocenters. The maximum Gasteiger partial charge on any atom is 0.320 e. The molecule has 1 aromatic heterocycles. The molecule has 2 aromatic rings. The van der Waals surface area contributed by atoms with Gasteiger partial charge in [-0.05, 0) is 50.8 Å². The Labute approximate surface area is 190 Å². The van der Waals surface area contributed by atoms with Crippen LogP contribution in [0.5, 0.6) is 5.75 Å². The first-order valence-corrected chi connectivity index (χ1v) is 12.0. The van der Waals surface area contributed by atoms with Gasteiger partial charge in [0.25, 0.3) is 0 Å². The third-order valence-electron chi connectivity index (χ3n) is 7.47. The van der Waals surface area contributed by atoms with Crippen LogP contribution in [0.2, 0.25) is 0 Å². The van der Waals surface area contributed by atoms with E-state index < -0.39 is 0 Å². The van der Waals surface area contributed by atoms with Gasteiger partial charge in [0.2, 0.25) is 0 Å². The topological polar surface area (TPSA) is 53.8 Å². The molecular weight excluding hydrogens is 402 g/mol. The van der Waals surface area contributed by atoms with E-state index in [0.29, 0.717) is 13.1 Å². The standard InChI is InChI=1S/C25H35N5O2/c1-18-24(19(2)27(3)26-18)20-8-10-22(11-9-20)32-23-16-30(17-23)25(31)29-13-5-12-28(14-15-29)21-6-4-7-21/h8-11,21,23H,4-7,12-17H2,1-3H3. The van der Waals surface area contributed by atoms with Crippen LogP contribution in [0.4, 0.5) is 4.79 Å². The van der Waals surface area contributed by atoms with Crippen LogP contribution in [0.1, 0.15) is 37.1 Å². The summed E-state index contributed by atoms with van der Waals surface area (Å²) in [6.07, 6.45) is 5.19. The lowest BCUT2D eigenvalue weighted by molar-refractivity contribution is 0.0308. The zero-order valence-electron chi connectivity index (χ0n) is 19.6. The molecule has 2 aliphatic heterocycles. The Morgan fingerprint density at radius 2 is 1.72 bits per heavy atom. The van der Waals surface area contributed by atoms with Crippen molar-refractivity contribution in [3.8, 4) is 16.9 Å². The average Bonchev–Trinajstić information content (AvgIpc) is 2.86. The highest BCUT2D eigenvalue weighted by atomic mass is 16.5. The Bertz CT molecular complexity index is 959. The molecule has 5 rings (SSSR count). The maximum absolute atomic E-state index is 12.9. The van der Waals surface area contributed by atoms with Gasteiger partial charge in [-0.1, -0.05) is 18.6 Å². The van der Waals surface area contributed by atoms with Crippen LogP contribution in [-0.2, 0) is 7.05 Å². The highest BCUT2D eigenvalue weighted by Crippen LogP contribution is 2.29. The van der Waals surface area contributed by atoms with Crippen molar-refractivity contribution in [1.82, 2.24) is 24.5 Å². The van der Waals surface area contributed by atoms with E-state index in [-0.39, 0.29) is 12.1 Å². The van der Waals surface area contributed by atoms with Crippen molar-refractivity contribution in [2.45, 2.75) is 51.7 Å². The summed E-state index contributed by atoms with van der Waals surface area (Å²) in [6.45, 7) is 9.36. The second-order valence-corrected chi connectivity index (χ2v) is 9.58. The number of hydrogen-bond donors (Lipinski definition) is 0. The molecule has 0 bridgehead atoms. The highest BCUT2D eigenvalue weighted by Gasteiger charge is 2.36. The molecule has 0 N–H and O–H groups in total. The molecule has 3 fully saturated rings. The molecule has 1 saturated carbocycles. The van der Waals surface area contributed by atoms with Crippen LogP contribution in [-0.4, -0.2) is 81.9 Å². The molecular formula is C25H35N5O2. The summed E-state index contributed by atoms with van der Waals surface area (Å²) >= 11 is 0. The molecule has 2 saturated heterocycles. The fourth-order valence-electron chi connectivity index (χ4n) is 5.20. The van der Waals surface area contributed by atoms with Gasteiger partial charge < -0.3 is 14.5 Å². The minimum absolute atomic E-state index is 0.0742. The number of carbonyl (C=O) groups excluding carboxylic acids is 1. The minimum Gasteiger partial charge on any atom is -0.487 e. The zero-order chi connectivity index (χ0) is 22.2. The number of aryl methyl sites for hydroxylation is 2. The second kappa shape index (κ2) is 8.77. The lowest BCUT2D eigenvalue weighted by atomic mass is 9.91. The summed E-state index contributed by atoms with van der Waals surface area (Å²) in [5.41, 5.74) is 4.54. The van der Waals surface area contributed by atoms with Crippen LogP contribution < -0.4 is 4.74 Å². The van der Waals surface area contributed by atoms with Crippen molar-refractivity contribution in [2.75, 3.05) is 39.3 Å². The number of amides is 2. The number of hydrogen-bond acceptors (Lipinski definition) is 4. The van der Waals surface area contributed by atoms with E-state index in [0.717, 1.165) is 61.3 Å². The molecule has 0 atom stereocenters. The Kier molecular flexibility index (Phi) is 5.84. The fourth-order valence-corrected chi connectivity index (χ4v) is 5.20. The van der Waals surface area contributed by atoms with Crippen molar-refractivity contribution < 1.29 is 9.53 Å². The SMILES string of the molecule is Cc1nn(C)c(C)c1-c1ccc(OC2CN(C(=O)N3CCCN(C4CCC4)CC3)C2)cc1. The molecule has 1 aliphatic carbocycles. The highest BCUT2D eigenvalue weighted by molar-refractivity contribution is 5.75. The summed E-state index contributed by atoms with van der Waals surface area (Å²) in [4.78, 5) is 19.5. The number of urea groups is 1. The van der Waals surface area contributed by atoms with Crippen molar-refractivity contribution in [2.24, 2.45) is 7.05 Å². The number of benzene rings is 1. The maximum atomic E-state index is 12.9.